The van der Waals surface area contributed by atoms with Crippen molar-refractivity contribution in [3.63, 3.8) is 0 Å². The SMILES string of the molecule is COc1cccc(-c2nc3sc4c(c3c(=O)n2N)CC[NH+](Cc2ccccc2)C4)c1. The molecule has 0 aliphatic carbocycles. The number of nitrogens with one attached hydrogen (secondary N) is 1. The van der Waals surface area contributed by atoms with E-state index in [1.165, 1.54) is 20.0 Å². The molecule has 1 atom stereocenters. The lowest BCUT2D eigenvalue weighted by Crippen LogP contribution is -3.10. The highest BCUT2D eigenvalue weighted by Crippen LogP contribution is 2.31. The number of ether oxygens (including phenoxy) is 1. The van der Waals surface area contributed by atoms with Crippen LogP contribution in [-0.2, 0) is 19.5 Å². The van der Waals surface area contributed by atoms with E-state index in [0.717, 1.165) is 42.0 Å². The average molecular weight is 420 g/mol. The molecule has 0 bridgehead atoms. The molecule has 0 radical (unpaired) electrons. The normalized spacial score (nSPS) is 15.8. The van der Waals surface area contributed by atoms with Crippen molar-refractivity contribution in [2.45, 2.75) is 19.5 Å². The quantitative estimate of drug-likeness (QED) is 0.496. The van der Waals surface area contributed by atoms with Crippen molar-refractivity contribution in [2.75, 3.05) is 19.5 Å². The first kappa shape index (κ1) is 18.8. The van der Waals surface area contributed by atoms with Crippen LogP contribution in [0.15, 0.2) is 59.4 Å². The van der Waals surface area contributed by atoms with Gasteiger partial charge in [0.25, 0.3) is 5.56 Å². The molecule has 3 N–H and O–H groups in total. The molecule has 0 spiro atoms. The fourth-order valence-corrected chi connectivity index (χ4v) is 5.47. The Morgan fingerprint density at radius 2 is 2.03 bits per heavy atom. The molecule has 2 aromatic carbocycles. The van der Waals surface area contributed by atoms with Crippen LogP contribution < -0.4 is 21.0 Å². The van der Waals surface area contributed by atoms with E-state index >= 15 is 0 Å². The first-order valence-corrected chi connectivity index (χ1v) is 10.8. The highest BCUT2D eigenvalue weighted by molar-refractivity contribution is 7.18. The molecule has 7 heteroatoms. The molecule has 1 unspecified atom stereocenters. The number of quaternary nitrogens is 1. The Morgan fingerprint density at radius 3 is 2.83 bits per heavy atom. The third-order valence-corrected chi connectivity index (χ3v) is 6.83. The van der Waals surface area contributed by atoms with Crippen molar-refractivity contribution >= 4 is 21.6 Å². The molecule has 30 heavy (non-hydrogen) atoms. The molecule has 6 nitrogen and oxygen atoms in total. The summed E-state index contributed by atoms with van der Waals surface area (Å²) in [5.74, 6) is 7.35. The summed E-state index contributed by atoms with van der Waals surface area (Å²) >= 11 is 1.62. The number of methoxy groups -OCH3 is 1. The van der Waals surface area contributed by atoms with Crippen molar-refractivity contribution < 1.29 is 9.64 Å². The molecule has 4 aromatic rings. The summed E-state index contributed by atoms with van der Waals surface area (Å²) in [4.78, 5) is 21.5. The van der Waals surface area contributed by atoms with E-state index in [1.54, 1.807) is 18.4 Å². The fraction of sp³-hybridized carbons (Fsp3) is 0.217. The zero-order chi connectivity index (χ0) is 20.7. The molecule has 0 saturated carbocycles. The second-order valence-electron chi connectivity index (χ2n) is 7.62. The van der Waals surface area contributed by atoms with E-state index in [-0.39, 0.29) is 5.56 Å². The second-order valence-corrected chi connectivity index (χ2v) is 8.70. The molecule has 2 aromatic heterocycles. The predicted molar refractivity (Wildman–Crippen MR) is 119 cm³/mol. The molecule has 0 fully saturated rings. The van der Waals surface area contributed by atoms with Gasteiger partial charge in [-0.05, 0) is 17.7 Å². The summed E-state index contributed by atoms with van der Waals surface area (Å²) in [5, 5.41) is 0.683. The Bertz CT molecular complexity index is 1280. The number of thiophene rings is 1. The highest BCUT2D eigenvalue weighted by Gasteiger charge is 2.27. The third kappa shape index (κ3) is 3.26. The largest absolute Gasteiger partial charge is 0.497 e. The lowest BCUT2D eigenvalue weighted by Gasteiger charge is -2.23. The van der Waals surface area contributed by atoms with Gasteiger partial charge in [-0.15, -0.1) is 11.3 Å². The minimum atomic E-state index is -0.179. The summed E-state index contributed by atoms with van der Waals surface area (Å²) < 4.78 is 6.48. The van der Waals surface area contributed by atoms with Gasteiger partial charge in [0.05, 0.1) is 23.9 Å². The molecule has 0 amide bonds. The van der Waals surface area contributed by atoms with Crippen molar-refractivity contribution in [1.82, 2.24) is 9.66 Å². The van der Waals surface area contributed by atoms with Crippen LogP contribution in [-0.4, -0.2) is 23.3 Å². The zero-order valence-electron chi connectivity index (χ0n) is 16.7. The molecule has 1 aliphatic heterocycles. The number of rotatable bonds is 4. The van der Waals surface area contributed by atoms with Crippen LogP contribution in [0, 0.1) is 0 Å². The number of aromatic nitrogens is 2. The van der Waals surface area contributed by atoms with Gasteiger partial charge in [-0.3, -0.25) is 4.79 Å². The van der Waals surface area contributed by atoms with Crippen molar-refractivity contribution in [2.24, 2.45) is 0 Å². The zero-order valence-corrected chi connectivity index (χ0v) is 17.5. The van der Waals surface area contributed by atoms with Gasteiger partial charge in [-0.25, -0.2) is 9.66 Å². The number of fused-ring (bicyclic) bond motifs is 3. The van der Waals surface area contributed by atoms with Crippen molar-refractivity contribution in [3.05, 3.63) is 81.0 Å². The minimum absolute atomic E-state index is 0.179. The van der Waals surface area contributed by atoms with Gasteiger partial charge >= 0.3 is 0 Å². The van der Waals surface area contributed by atoms with Crippen LogP contribution in [0.1, 0.15) is 16.0 Å². The van der Waals surface area contributed by atoms with Gasteiger partial charge in [-0.2, -0.15) is 0 Å². The van der Waals surface area contributed by atoms with Crippen LogP contribution >= 0.6 is 11.3 Å². The van der Waals surface area contributed by atoms with Crippen LogP contribution in [0.4, 0.5) is 0 Å². The summed E-state index contributed by atoms with van der Waals surface area (Å²) in [7, 11) is 1.61. The Hall–Kier alpha value is -3.16. The molecular formula is C23H23N4O2S+. The van der Waals surface area contributed by atoms with E-state index in [0.29, 0.717) is 17.0 Å². The Morgan fingerprint density at radius 1 is 1.20 bits per heavy atom. The van der Waals surface area contributed by atoms with Crippen LogP contribution in [0.25, 0.3) is 21.6 Å². The monoisotopic (exact) mass is 419 g/mol. The van der Waals surface area contributed by atoms with Gasteiger partial charge in [0, 0.05) is 17.5 Å². The van der Waals surface area contributed by atoms with Crippen LogP contribution in [0.2, 0.25) is 0 Å². The maximum atomic E-state index is 13.1. The maximum Gasteiger partial charge on any atom is 0.281 e. The first-order chi connectivity index (χ1) is 14.6. The first-order valence-electron chi connectivity index (χ1n) is 9.98. The van der Waals surface area contributed by atoms with E-state index in [1.807, 2.05) is 30.3 Å². The molecule has 152 valence electrons. The smallest absolute Gasteiger partial charge is 0.281 e. The van der Waals surface area contributed by atoms with E-state index in [4.69, 9.17) is 15.6 Å². The van der Waals surface area contributed by atoms with E-state index < -0.39 is 0 Å². The van der Waals surface area contributed by atoms with E-state index in [2.05, 4.69) is 24.3 Å². The third-order valence-electron chi connectivity index (χ3n) is 5.70. The summed E-state index contributed by atoms with van der Waals surface area (Å²) in [6.07, 6.45) is 0.868. The topological polar surface area (TPSA) is 74.6 Å². The van der Waals surface area contributed by atoms with Crippen molar-refractivity contribution in [1.29, 1.82) is 0 Å². The molecule has 5 rings (SSSR count). The summed E-state index contributed by atoms with van der Waals surface area (Å²) in [5.41, 5.74) is 3.04. The lowest BCUT2D eigenvalue weighted by molar-refractivity contribution is -0.929. The summed E-state index contributed by atoms with van der Waals surface area (Å²) in [6.45, 7) is 2.89. The number of hydrogen-bond acceptors (Lipinski definition) is 5. The highest BCUT2D eigenvalue weighted by atomic mass is 32.1. The van der Waals surface area contributed by atoms with Crippen LogP contribution in [0.3, 0.4) is 0 Å². The Labute approximate surface area is 178 Å². The fourth-order valence-electron chi connectivity index (χ4n) is 4.19. The number of hydrogen-bond donors (Lipinski definition) is 2. The summed E-state index contributed by atoms with van der Waals surface area (Å²) in [6, 6.07) is 18.0. The lowest BCUT2D eigenvalue weighted by atomic mass is 10.0. The van der Waals surface area contributed by atoms with Gasteiger partial charge in [0.15, 0.2) is 5.82 Å². The van der Waals surface area contributed by atoms with E-state index in [9.17, 15) is 4.79 Å². The molecular weight excluding hydrogens is 396 g/mol. The number of nitrogens with two attached hydrogens (primary N) is 1. The molecule has 1 aliphatic rings. The van der Waals surface area contributed by atoms with Crippen molar-refractivity contribution in [3.8, 4) is 17.1 Å². The predicted octanol–water partition coefficient (Wildman–Crippen LogP) is 1.99. The van der Waals surface area contributed by atoms with Gasteiger partial charge < -0.3 is 15.5 Å². The Kier molecular flexibility index (Phi) is 4.77. The second kappa shape index (κ2) is 7.59. The number of nitrogens with zero attached hydrogens (tertiary/aromatic N) is 2. The van der Waals surface area contributed by atoms with Gasteiger partial charge in [-0.1, -0.05) is 42.5 Å². The molecule has 3 heterocycles. The van der Waals surface area contributed by atoms with Gasteiger partial charge in [0.2, 0.25) is 0 Å². The number of nitrogen functional groups attached to an aromatic ring is 1. The minimum Gasteiger partial charge on any atom is -0.497 e. The maximum absolute atomic E-state index is 13.1. The number of benzene rings is 2. The average Bonchev–Trinajstić information content (AvgIpc) is 3.14. The molecule has 0 saturated heterocycles. The Balaban J connectivity index is 1.54. The van der Waals surface area contributed by atoms with Crippen LogP contribution in [0.5, 0.6) is 5.75 Å². The van der Waals surface area contributed by atoms with Gasteiger partial charge in [0.1, 0.15) is 23.7 Å². The standard InChI is InChI=1S/C23H22N4O2S/c1-29-17-9-5-8-16(12-17)21-25-22-20(23(28)27(21)24)18-10-11-26(14-19(18)30-22)13-15-6-3-2-4-7-15/h2-9,12H,10-11,13-14,24H2,1H3/p+1.